The van der Waals surface area contributed by atoms with E-state index in [0.29, 0.717) is 28.7 Å². The molecule has 0 saturated heterocycles. The number of rotatable bonds is 3. The largest absolute Gasteiger partial charge is 0.328 e. The maximum atomic E-state index is 11.8. The lowest BCUT2D eigenvalue weighted by molar-refractivity contribution is -0.114. The topological polar surface area (TPSA) is 79.0 Å². The van der Waals surface area contributed by atoms with E-state index in [1.54, 1.807) is 24.3 Å². The molecule has 19 heavy (non-hydrogen) atoms. The van der Waals surface area contributed by atoms with Crippen LogP contribution in [0.2, 0.25) is 0 Å². The Hall–Kier alpha value is -2.69. The van der Waals surface area contributed by atoms with Gasteiger partial charge in [0.15, 0.2) is 6.29 Å². The van der Waals surface area contributed by atoms with Gasteiger partial charge in [0.2, 0.25) is 5.91 Å². The summed E-state index contributed by atoms with van der Waals surface area (Å²) in [6.07, 6.45) is 2.02. The number of aromatic amines is 1. The average molecular weight is 256 g/mol. The zero-order chi connectivity index (χ0) is 13.8. The quantitative estimate of drug-likeness (QED) is 0.822. The summed E-state index contributed by atoms with van der Waals surface area (Å²) in [4.78, 5) is 36.0. The van der Waals surface area contributed by atoms with Crippen LogP contribution in [-0.2, 0) is 4.79 Å². The third-order valence-electron chi connectivity index (χ3n) is 2.56. The summed E-state index contributed by atoms with van der Waals surface area (Å²) in [7, 11) is 0. The maximum absolute atomic E-state index is 11.8. The van der Waals surface area contributed by atoms with Gasteiger partial charge in [0, 0.05) is 29.9 Å². The SMILES string of the molecule is CC(=O)Nc1cccc(-c2cc(C=O)c[nH]c2=O)c1. The highest BCUT2D eigenvalue weighted by atomic mass is 16.1. The van der Waals surface area contributed by atoms with Gasteiger partial charge in [-0.25, -0.2) is 0 Å². The number of H-pyrrole nitrogens is 1. The number of aromatic nitrogens is 1. The van der Waals surface area contributed by atoms with E-state index in [2.05, 4.69) is 10.3 Å². The summed E-state index contributed by atoms with van der Waals surface area (Å²) < 4.78 is 0. The van der Waals surface area contributed by atoms with Crippen molar-refractivity contribution in [2.24, 2.45) is 0 Å². The van der Waals surface area contributed by atoms with E-state index in [1.165, 1.54) is 19.2 Å². The molecule has 0 aliphatic heterocycles. The summed E-state index contributed by atoms with van der Waals surface area (Å²) in [5.74, 6) is -0.187. The van der Waals surface area contributed by atoms with E-state index in [0.717, 1.165) is 0 Å². The molecule has 2 N–H and O–H groups in total. The minimum atomic E-state index is -0.287. The smallest absolute Gasteiger partial charge is 0.255 e. The van der Waals surface area contributed by atoms with Crippen molar-refractivity contribution in [1.82, 2.24) is 4.98 Å². The molecule has 2 aromatic rings. The summed E-state index contributed by atoms with van der Waals surface area (Å²) in [5.41, 5.74) is 1.72. The Morgan fingerprint density at radius 2 is 2.11 bits per heavy atom. The van der Waals surface area contributed by atoms with E-state index >= 15 is 0 Å². The molecule has 96 valence electrons. The molecule has 0 saturated carbocycles. The first kappa shape index (κ1) is 12.8. The first-order valence-corrected chi connectivity index (χ1v) is 5.66. The van der Waals surface area contributed by atoms with Crippen molar-refractivity contribution in [1.29, 1.82) is 0 Å². The van der Waals surface area contributed by atoms with Crippen LogP contribution >= 0.6 is 0 Å². The Bertz CT molecular complexity index is 689. The molecule has 2 rings (SSSR count). The van der Waals surface area contributed by atoms with Gasteiger partial charge in [-0.15, -0.1) is 0 Å². The number of hydrogen-bond acceptors (Lipinski definition) is 3. The van der Waals surface area contributed by atoms with E-state index in [9.17, 15) is 14.4 Å². The van der Waals surface area contributed by atoms with Gasteiger partial charge < -0.3 is 10.3 Å². The van der Waals surface area contributed by atoms with Gasteiger partial charge >= 0.3 is 0 Å². The zero-order valence-electron chi connectivity index (χ0n) is 10.3. The number of hydrogen-bond donors (Lipinski definition) is 2. The van der Waals surface area contributed by atoms with Crippen molar-refractivity contribution in [3.8, 4) is 11.1 Å². The van der Waals surface area contributed by atoms with Crippen molar-refractivity contribution in [2.75, 3.05) is 5.32 Å². The molecule has 0 radical (unpaired) electrons. The van der Waals surface area contributed by atoms with Crippen LogP contribution in [0, 0.1) is 0 Å². The third-order valence-corrected chi connectivity index (χ3v) is 2.56. The van der Waals surface area contributed by atoms with Crippen LogP contribution in [0.3, 0.4) is 0 Å². The number of benzene rings is 1. The molecule has 5 nitrogen and oxygen atoms in total. The van der Waals surface area contributed by atoms with Crippen LogP contribution in [0.15, 0.2) is 41.3 Å². The number of aldehydes is 1. The number of pyridine rings is 1. The van der Waals surface area contributed by atoms with Gasteiger partial charge in [0.05, 0.1) is 0 Å². The summed E-state index contributed by atoms with van der Waals surface area (Å²) >= 11 is 0. The van der Waals surface area contributed by atoms with E-state index in [4.69, 9.17) is 0 Å². The third kappa shape index (κ3) is 2.95. The van der Waals surface area contributed by atoms with Crippen LogP contribution in [0.25, 0.3) is 11.1 Å². The number of amides is 1. The Morgan fingerprint density at radius 1 is 1.32 bits per heavy atom. The first-order valence-electron chi connectivity index (χ1n) is 5.66. The Morgan fingerprint density at radius 3 is 2.79 bits per heavy atom. The van der Waals surface area contributed by atoms with Crippen LogP contribution in [0.1, 0.15) is 17.3 Å². The molecule has 0 unspecified atom stereocenters. The van der Waals surface area contributed by atoms with Crippen LogP contribution < -0.4 is 10.9 Å². The summed E-state index contributed by atoms with van der Waals surface area (Å²) in [5, 5.41) is 2.64. The minimum absolute atomic E-state index is 0.187. The second kappa shape index (κ2) is 5.30. The Labute approximate surface area is 109 Å². The zero-order valence-corrected chi connectivity index (χ0v) is 10.3. The van der Waals surface area contributed by atoms with Gasteiger partial charge in [0.1, 0.15) is 0 Å². The van der Waals surface area contributed by atoms with Gasteiger partial charge in [-0.2, -0.15) is 0 Å². The second-order valence-electron chi connectivity index (χ2n) is 4.06. The number of carbonyl (C=O) groups is 2. The molecule has 0 bridgehead atoms. The summed E-state index contributed by atoms with van der Waals surface area (Å²) in [6.45, 7) is 1.41. The molecule has 5 heteroatoms. The van der Waals surface area contributed by atoms with Crippen molar-refractivity contribution in [3.63, 3.8) is 0 Å². The maximum Gasteiger partial charge on any atom is 0.255 e. The lowest BCUT2D eigenvalue weighted by Gasteiger charge is -2.05. The van der Waals surface area contributed by atoms with Crippen molar-refractivity contribution < 1.29 is 9.59 Å². The molecule has 1 aromatic carbocycles. The molecular formula is C14H12N2O3. The van der Waals surface area contributed by atoms with Crippen LogP contribution in [0.5, 0.6) is 0 Å². The second-order valence-corrected chi connectivity index (χ2v) is 4.06. The van der Waals surface area contributed by atoms with E-state index in [1.807, 2.05) is 0 Å². The van der Waals surface area contributed by atoms with Crippen molar-refractivity contribution in [2.45, 2.75) is 6.92 Å². The first-order chi connectivity index (χ1) is 9.10. The number of nitrogens with one attached hydrogen (secondary N) is 2. The van der Waals surface area contributed by atoms with Crippen molar-refractivity contribution >= 4 is 17.9 Å². The Kier molecular flexibility index (Phi) is 3.56. The predicted octanol–water partition coefficient (Wildman–Crippen LogP) is 1.81. The van der Waals surface area contributed by atoms with E-state index in [-0.39, 0.29) is 11.5 Å². The fourth-order valence-corrected chi connectivity index (χ4v) is 1.75. The van der Waals surface area contributed by atoms with Gasteiger partial charge in [-0.1, -0.05) is 12.1 Å². The number of anilines is 1. The predicted molar refractivity (Wildman–Crippen MR) is 72.2 cm³/mol. The summed E-state index contributed by atoms with van der Waals surface area (Å²) in [6, 6.07) is 8.39. The molecule has 1 aromatic heterocycles. The van der Waals surface area contributed by atoms with Gasteiger partial charge in [-0.3, -0.25) is 14.4 Å². The molecular weight excluding hydrogens is 244 g/mol. The minimum Gasteiger partial charge on any atom is -0.328 e. The molecule has 0 atom stereocenters. The number of carbonyl (C=O) groups excluding carboxylic acids is 2. The monoisotopic (exact) mass is 256 g/mol. The van der Waals surface area contributed by atoms with Gasteiger partial charge in [0.25, 0.3) is 5.56 Å². The fraction of sp³-hybridized carbons (Fsp3) is 0.0714. The fourth-order valence-electron chi connectivity index (χ4n) is 1.75. The Balaban J connectivity index is 2.49. The molecule has 1 heterocycles. The van der Waals surface area contributed by atoms with E-state index < -0.39 is 0 Å². The van der Waals surface area contributed by atoms with Gasteiger partial charge in [-0.05, 0) is 23.8 Å². The lowest BCUT2D eigenvalue weighted by atomic mass is 10.1. The molecule has 0 fully saturated rings. The molecule has 0 aliphatic carbocycles. The highest BCUT2D eigenvalue weighted by Gasteiger charge is 2.06. The highest BCUT2D eigenvalue weighted by molar-refractivity contribution is 5.89. The normalized spacial score (nSPS) is 9.95. The van der Waals surface area contributed by atoms with Crippen molar-refractivity contribution in [3.05, 3.63) is 52.4 Å². The average Bonchev–Trinajstić information content (AvgIpc) is 2.39. The highest BCUT2D eigenvalue weighted by Crippen LogP contribution is 2.20. The molecule has 0 spiro atoms. The standard InChI is InChI=1S/C14H12N2O3/c1-9(18)16-12-4-2-3-11(6-12)13-5-10(8-17)7-15-14(13)19/h2-8H,1H3,(H,15,19)(H,16,18). The van der Waals surface area contributed by atoms with Crippen LogP contribution in [-0.4, -0.2) is 17.2 Å². The molecule has 1 amide bonds. The lowest BCUT2D eigenvalue weighted by Crippen LogP contribution is -2.10. The molecule has 0 aliphatic rings. The van der Waals surface area contributed by atoms with Crippen LogP contribution in [0.4, 0.5) is 5.69 Å².